The maximum Gasteiger partial charge on any atom is 0.132 e. The Morgan fingerprint density at radius 3 is 2.52 bits per heavy atom. The van der Waals surface area contributed by atoms with Gasteiger partial charge < -0.3 is 9.64 Å². The molecule has 2 aromatic rings. The molecular formula is C16H18FN3O. The molecule has 1 aliphatic heterocycles. The van der Waals surface area contributed by atoms with E-state index in [4.69, 9.17) is 4.74 Å². The van der Waals surface area contributed by atoms with Gasteiger partial charge in [-0.05, 0) is 31.2 Å². The SMILES string of the molecule is Cc1cc(N2CCC(Oc3ccc(F)cc3)CC2)ncn1. The third kappa shape index (κ3) is 3.48. The standard InChI is InChI=1S/C16H18FN3O/c1-12-10-16(19-11-18-12)20-8-6-15(7-9-20)21-14-4-2-13(17)3-5-14/h2-5,10-11,15H,6-9H2,1H3. The van der Waals surface area contributed by atoms with Crippen molar-refractivity contribution in [3.05, 3.63) is 48.2 Å². The van der Waals surface area contributed by atoms with Crippen LogP contribution in [0.1, 0.15) is 18.5 Å². The van der Waals surface area contributed by atoms with E-state index in [9.17, 15) is 4.39 Å². The topological polar surface area (TPSA) is 38.2 Å². The minimum atomic E-state index is -0.240. The van der Waals surface area contributed by atoms with E-state index in [1.807, 2.05) is 13.0 Å². The highest BCUT2D eigenvalue weighted by molar-refractivity contribution is 5.39. The zero-order valence-corrected chi connectivity index (χ0v) is 12.0. The molecule has 0 spiro atoms. The molecule has 21 heavy (non-hydrogen) atoms. The van der Waals surface area contributed by atoms with Gasteiger partial charge in [0.15, 0.2) is 0 Å². The fourth-order valence-corrected chi connectivity index (χ4v) is 2.52. The Labute approximate surface area is 123 Å². The van der Waals surface area contributed by atoms with E-state index in [1.54, 1.807) is 18.5 Å². The zero-order chi connectivity index (χ0) is 14.7. The molecule has 0 saturated carbocycles. The molecule has 2 heterocycles. The summed E-state index contributed by atoms with van der Waals surface area (Å²) in [6, 6.07) is 8.20. The number of nitrogens with zero attached hydrogens (tertiary/aromatic N) is 3. The van der Waals surface area contributed by atoms with Crippen molar-refractivity contribution >= 4 is 5.82 Å². The van der Waals surface area contributed by atoms with E-state index in [0.717, 1.165) is 43.2 Å². The molecule has 0 amide bonds. The molecule has 0 unspecified atom stereocenters. The molecule has 0 bridgehead atoms. The van der Waals surface area contributed by atoms with Crippen LogP contribution in [0.25, 0.3) is 0 Å². The first-order valence-electron chi connectivity index (χ1n) is 7.16. The fraction of sp³-hybridized carbons (Fsp3) is 0.375. The summed E-state index contributed by atoms with van der Waals surface area (Å²) in [6.07, 6.45) is 3.64. The quantitative estimate of drug-likeness (QED) is 0.870. The van der Waals surface area contributed by atoms with Crippen LogP contribution in [0.2, 0.25) is 0 Å². The largest absolute Gasteiger partial charge is 0.490 e. The molecule has 0 atom stereocenters. The van der Waals surface area contributed by atoms with Crippen LogP contribution in [-0.2, 0) is 0 Å². The lowest BCUT2D eigenvalue weighted by Crippen LogP contribution is -2.38. The van der Waals surface area contributed by atoms with Crippen molar-refractivity contribution in [2.24, 2.45) is 0 Å². The molecule has 1 aromatic carbocycles. The Hall–Kier alpha value is -2.17. The van der Waals surface area contributed by atoms with Crippen LogP contribution in [0, 0.1) is 12.7 Å². The second kappa shape index (κ2) is 6.08. The van der Waals surface area contributed by atoms with Crippen LogP contribution in [0.4, 0.5) is 10.2 Å². The molecule has 110 valence electrons. The summed E-state index contributed by atoms with van der Waals surface area (Å²) in [5.41, 5.74) is 0.977. The number of anilines is 1. The normalized spacial score (nSPS) is 16.0. The monoisotopic (exact) mass is 287 g/mol. The first kappa shape index (κ1) is 13.8. The molecule has 0 N–H and O–H groups in total. The maximum atomic E-state index is 12.9. The van der Waals surface area contributed by atoms with Gasteiger partial charge in [0, 0.05) is 37.7 Å². The minimum absolute atomic E-state index is 0.176. The first-order chi connectivity index (χ1) is 10.2. The average Bonchev–Trinajstić information content (AvgIpc) is 2.50. The average molecular weight is 287 g/mol. The van der Waals surface area contributed by atoms with Crippen LogP contribution in [0.3, 0.4) is 0 Å². The molecular weight excluding hydrogens is 269 g/mol. The van der Waals surface area contributed by atoms with Crippen molar-refractivity contribution in [1.29, 1.82) is 0 Å². The number of hydrogen-bond acceptors (Lipinski definition) is 4. The molecule has 4 nitrogen and oxygen atoms in total. The minimum Gasteiger partial charge on any atom is -0.490 e. The molecule has 5 heteroatoms. The highest BCUT2D eigenvalue weighted by Gasteiger charge is 2.21. The van der Waals surface area contributed by atoms with Gasteiger partial charge in [0.2, 0.25) is 0 Å². The lowest BCUT2D eigenvalue weighted by molar-refractivity contribution is 0.170. The zero-order valence-electron chi connectivity index (χ0n) is 12.0. The summed E-state index contributed by atoms with van der Waals surface area (Å²) >= 11 is 0. The number of halogens is 1. The van der Waals surface area contributed by atoms with Gasteiger partial charge in [0.05, 0.1) is 0 Å². The second-order valence-electron chi connectivity index (χ2n) is 5.28. The van der Waals surface area contributed by atoms with Crippen molar-refractivity contribution in [1.82, 2.24) is 9.97 Å². The van der Waals surface area contributed by atoms with Crippen LogP contribution >= 0.6 is 0 Å². The van der Waals surface area contributed by atoms with Crippen LogP contribution in [0.15, 0.2) is 36.7 Å². The summed E-state index contributed by atoms with van der Waals surface area (Å²) in [7, 11) is 0. The molecule has 0 aliphatic carbocycles. The second-order valence-corrected chi connectivity index (χ2v) is 5.28. The fourth-order valence-electron chi connectivity index (χ4n) is 2.52. The summed E-state index contributed by atoms with van der Waals surface area (Å²) in [5, 5.41) is 0. The number of aryl methyl sites for hydroxylation is 1. The number of ether oxygens (including phenoxy) is 1. The van der Waals surface area contributed by atoms with Crippen molar-refractivity contribution < 1.29 is 9.13 Å². The summed E-state index contributed by atoms with van der Waals surface area (Å²) in [5.74, 6) is 1.46. The predicted octanol–water partition coefficient (Wildman–Crippen LogP) is 2.97. The molecule has 1 aromatic heterocycles. The van der Waals surface area contributed by atoms with Gasteiger partial charge in [-0.3, -0.25) is 0 Å². The van der Waals surface area contributed by atoms with Crippen molar-refractivity contribution in [2.45, 2.75) is 25.9 Å². The van der Waals surface area contributed by atoms with Crippen LogP contribution < -0.4 is 9.64 Å². The van der Waals surface area contributed by atoms with E-state index in [1.165, 1.54) is 12.1 Å². The van der Waals surface area contributed by atoms with Gasteiger partial charge in [-0.15, -0.1) is 0 Å². The summed E-state index contributed by atoms with van der Waals surface area (Å²) in [6.45, 7) is 3.78. The van der Waals surface area contributed by atoms with E-state index in [0.29, 0.717) is 0 Å². The number of piperidine rings is 1. The Morgan fingerprint density at radius 2 is 1.86 bits per heavy atom. The van der Waals surface area contributed by atoms with Gasteiger partial charge in [0.25, 0.3) is 0 Å². The van der Waals surface area contributed by atoms with Crippen LogP contribution in [-0.4, -0.2) is 29.2 Å². The predicted molar refractivity (Wildman–Crippen MR) is 79.0 cm³/mol. The van der Waals surface area contributed by atoms with E-state index < -0.39 is 0 Å². The highest BCUT2D eigenvalue weighted by Crippen LogP contribution is 2.22. The van der Waals surface area contributed by atoms with Crippen molar-refractivity contribution in [2.75, 3.05) is 18.0 Å². The summed E-state index contributed by atoms with van der Waals surface area (Å²) < 4.78 is 18.8. The molecule has 3 rings (SSSR count). The smallest absolute Gasteiger partial charge is 0.132 e. The highest BCUT2D eigenvalue weighted by atomic mass is 19.1. The lowest BCUT2D eigenvalue weighted by Gasteiger charge is -2.32. The van der Waals surface area contributed by atoms with Crippen molar-refractivity contribution in [3.8, 4) is 5.75 Å². The molecule has 1 fully saturated rings. The number of hydrogen-bond donors (Lipinski definition) is 0. The number of aromatic nitrogens is 2. The van der Waals surface area contributed by atoms with Gasteiger partial charge >= 0.3 is 0 Å². The molecule has 1 saturated heterocycles. The van der Waals surface area contributed by atoms with E-state index in [-0.39, 0.29) is 11.9 Å². The maximum absolute atomic E-state index is 12.9. The van der Waals surface area contributed by atoms with Gasteiger partial charge in [-0.2, -0.15) is 0 Å². The number of rotatable bonds is 3. The van der Waals surface area contributed by atoms with Gasteiger partial charge in [-0.1, -0.05) is 0 Å². The Bertz CT molecular complexity index is 595. The third-order valence-corrected chi connectivity index (χ3v) is 3.67. The molecule has 0 radical (unpaired) electrons. The van der Waals surface area contributed by atoms with Crippen LogP contribution in [0.5, 0.6) is 5.75 Å². The van der Waals surface area contributed by atoms with E-state index >= 15 is 0 Å². The van der Waals surface area contributed by atoms with Crippen molar-refractivity contribution in [3.63, 3.8) is 0 Å². The number of benzene rings is 1. The third-order valence-electron chi connectivity index (χ3n) is 3.67. The Morgan fingerprint density at radius 1 is 1.14 bits per heavy atom. The first-order valence-corrected chi connectivity index (χ1v) is 7.16. The lowest BCUT2D eigenvalue weighted by atomic mass is 10.1. The Kier molecular flexibility index (Phi) is 3.99. The molecule has 1 aliphatic rings. The Balaban J connectivity index is 1.56. The van der Waals surface area contributed by atoms with Gasteiger partial charge in [0.1, 0.15) is 29.8 Å². The summed E-state index contributed by atoms with van der Waals surface area (Å²) in [4.78, 5) is 10.7. The van der Waals surface area contributed by atoms with Gasteiger partial charge in [-0.25, -0.2) is 14.4 Å². The van der Waals surface area contributed by atoms with E-state index in [2.05, 4.69) is 14.9 Å².